The number of nitro benzene ring substituents is 3. The average Bonchev–Trinajstić information content (AvgIpc) is 2.59. The minimum atomic E-state index is -0.979. The first-order valence-electron chi connectivity index (χ1n) is 7.04. The van der Waals surface area contributed by atoms with Gasteiger partial charge >= 0.3 is 5.97 Å². The van der Waals surface area contributed by atoms with Crippen LogP contribution in [0.15, 0.2) is 36.4 Å². The second kappa shape index (κ2) is 7.34. The van der Waals surface area contributed by atoms with Crippen LogP contribution in [-0.2, 0) is 11.3 Å². The summed E-state index contributed by atoms with van der Waals surface area (Å²) >= 11 is 0. The number of esters is 1. The molecule has 0 radical (unpaired) electrons. The van der Waals surface area contributed by atoms with Gasteiger partial charge in [0.2, 0.25) is 0 Å². The van der Waals surface area contributed by atoms with Crippen LogP contribution in [0.3, 0.4) is 0 Å². The highest BCUT2D eigenvalue weighted by Crippen LogP contribution is 2.28. The summed E-state index contributed by atoms with van der Waals surface area (Å²) in [5.41, 5.74) is -1.22. The van der Waals surface area contributed by atoms with E-state index in [9.17, 15) is 35.1 Å². The number of carbonyl (C=O) groups excluding carboxylic acids is 1. The van der Waals surface area contributed by atoms with Crippen molar-refractivity contribution in [3.8, 4) is 0 Å². The predicted octanol–water partition coefficient (Wildman–Crippen LogP) is 3.08. The monoisotopic (exact) mass is 361 g/mol. The molecule has 0 aliphatic heterocycles. The Hall–Kier alpha value is -3.89. The summed E-state index contributed by atoms with van der Waals surface area (Å²) in [5, 5.41) is 32.5. The van der Waals surface area contributed by atoms with Gasteiger partial charge in [-0.1, -0.05) is 0 Å². The first-order valence-corrected chi connectivity index (χ1v) is 7.04. The van der Waals surface area contributed by atoms with Crippen molar-refractivity contribution in [2.75, 3.05) is 0 Å². The fourth-order valence-corrected chi connectivity index (χ4v) is 2.13. The third kappa shape index (κ3) is 3.95. The van der Waals surface area contributed by atoms with Gasteiger partial charge in [-0.25, -0.2) is 4.79 Å². The Bertz CT molecular complexity index is 908. The molecule has 0 fully saturated rings. The molecule has 11 heteroatoms. The minimum absolute atomic E-state index is 0.0608. The van der Waals surface area contributed by atoms with Gasteiger partial charge in [-0.3, -0.25) is 30.3 Å². The number of ether oxygens (including phenoxy) is 1. The van der Waals surface area contributed by atoms with Crippen LogP contribution >= 0.6 is 0 Å². The molecule has 0 aliphatic carbocycles. The van der Waals surface area contributed by atoms with E-state index in [2.05, 4.69) is 0 Å². The van der Waals surface area contributed by atoms with Gasteiger partial charge < -0.3 is 4.74 Å². The van der Waals surface area contributed by atoms with Crippen molar-refractivity contribution in [1.82, 2.24) is 0 Å². The second-order valence-electron chi connectivity index (χ2n) is 5.15. The SMILES string of the molecule is Cc1c(C(=O)OCc2ccc([N+](=O)[O-])cc2)cc([N+](=O)[O-])cc1[N+](=O)[O-]. The summed E-state index contributed by atoms with van der Waals surface area (Å²) in [7, 11) is 0. The zero-order chi connectivity index (χ0) is 19.4. The highest BCUT2D eigenvalue weighted by Gasteiger charge is 2.25. The number of hydrogen-bond acceptors (Lipinski definition) is 8. The zero-order valence-corrected chi connectivity index (χ0v) is 13.3. The molecule has 11 nitrogen and oxygen atoms in total. The Balaban J connectivity index is 2.24. The van der Waals surface area contributed by atoms with E-state index in [0.717, 1.165) is 12.1 Å². The van der Waals surface area contributed by atoms with E-state index in [1.807, 2.05) is 0 Å². The summed E-state index contributed by atoms with van der Waals surface area (Å²) in [6.07, 6.45) is 0. The van der Waals surface area contributed by atoms with Crippen LogP contribution in [0, 0.1) is 37.3 Å². The summed E-state index contributed by atoms with van der Waals surface area (Å²) in [4.78, 5) is 42.4. The Morgan fingerprint density at radius 2 is 1.50 bits per heavy atom. The Labute approximate surface area is 145 Å². The maximum atomic E-state index is 12.2. The third-order valence-corrected chi connectivity index (χ3v) is 3.51. The van der Waals surface area contributed by atoms with E-state index in [1.54, 1.807) is 0 Å². The van der Waals surface area contributed by atoms with Gasteiger partial charge in [-0.2, -0.15) is 0 Å². The minimum Gasteiger partial charge on any atom is -0.457 e. The van der Waals surface area contributed by atoms with Gasteiger partial charge in [0.05, 0.1) is 26.4 Å². The van der Waals surface area contributed by atoms with Crippen LogP contribution in [0.2, 0.25) is 0 Å². The predicted molar refractivity (Wildman–Crippen MR) is 86.7 cm³/mol. The maximum Gasteiger partial charge on any atom is 0.339 e. The van der Waals surface area contributed by atoms with E-state index in [-0.39, 0.29) is 23.4 Å². The number of nitrogens with zero attached hydrogens (tertiary/aromatic N) is 3. The largest absolute Gasteiger partial charge is 0.457 e. The molecule has 134 valence electrons. The highest BCUT2D eigenvalue weighted by molar-refractivity contribution is 5.93. The average molecular weight is 361 g/mol. The van der Waals surface area contributed by atoms with Gasteiger partial charge in [0.1, 0.15) is 6.61 Å². The first-order chi connectivity index (χ1) is 12.2. The molecular weight excluding hydrogens is 350 g/mol. The fraction of sp³-hybridized carbons (Fsp3) is 0.133. The number of non-ortho nitro benzene ring substituents is 2. The van der Waals surface area contributed by atoms with Crippen molar-refractivity contribution in [1.29, 1.82) is 0 Å². The van der Waals surface area contributed by atoms with E-state index in [1.165, 1.54) is 31.2 Å². The van der Waals surface area contributed by atoms with Crippen LogP contribution in [0.4, 0.5) is 17.1 Å². The Morgan fingerprint density at radius 3 is 2.00 bits per heavy atom. The van der Waals surface area contributed by atoms with Crippen molar-refractivity contribution >= 4 is 23.0 Å². The highest BCUT2D eigenvalue weighted by atomic mass is 16.6. The first kappa shape index (κ1) is 18.4. The maximum absolute atomic E-state index is 12.2. The number of rotatable bonds is 6. The van der Waals surface area contributed by atoms with Crippen LogP contribution < -0.4 is 0 Å². The number of carbonyl (C=O) groups is 1. The molecule has 0 N–H and O–H groups in total. The summed E-state index contributed by atoms with van der Waals surface area (Å²) in [6, 6.07) is 6.89. The molecule has 0 aromatic heterocycles. The molecule has 0 atom stereocenters. The van der Waals surface area contributed by atoms with Crippen molar-refractivity contribution < 1.29 is 24.3 Å². The lowest BCUT2D eigenvalue weighted by Crippen LogP contribution is -2.09. The second-order valence-corrected chi connectivity index (χ2v) is 5.15. The van der Waals surface area contributed by atoms with E-state index >= 15 is 0 Å². The normalized spacial score (nSPS) is 10.2. The molecular formula is C15H11N3O8. The Morgan fingerprint density at radius 1 is 0.923 bits per heavy atom. The third-order valence-electron chi connectivity index (χ3n) is 3.51. The molecule has 2 aromatic carbocycles. The van der Waals surface area contributed by atoms with Crippen LogP contribution in [0.1, 0.15) is 21.5 Å². The van der Waals surface area contributed by atoms with Crippen molar-refractivity contribution in [2.45, 2.75) is 13.5 Å². The lowest BCUT2D eigenvalue weighted by molar-refractivity contribution is -0.394. The van der Waals surface area contributed by atoms with E-state index < -0.39 is 32.1 Å². The van der Waals surface area contributed by atoms with Crippen LogP contribution in [0.5, 0.6) is 0 Å². The van der Waals surface area contributed by atoms with Crippen LogP contribution in [-0.4, -0.2) is 20.7 Å². The van der Waals surface area contributed by atoms with Gasteiger partial charge in [0.25, 0.3) is 17.1 Å². The molecule has 2 aromatic rings. The van der Waals surface area contributed by atoms with Crippen molar-refractivity contribution in [2.24, 2.45) is 0 Å². The van der Waals surface area contributed by atoms with Gasteiger partial charge in [-0.15, -0.1) is 0 Å². The molecule has 0 bridgehead atoms. The standard InChI is InChI=1S/C15H11N3O8/c1-9-13(6-12(17(22)23)7-14(9)18(24)25)15(19)26-8-10-2-4-11(5-3-10)16(20)21/h2-7H,8H2,1H3. The quantitative estimate of drug-likeness (QED) is 0.431. The van der Waals surface area contributed by atoms with Crippen molar-refractivity contribution in [3.05, 3.63) is 83.4 Å². The molecule has 2 rings (SSSR count). The molecule has 0 heterocycles. The van der Waals surface area contributed by atoms with Crippen molar-refractivity contribution in [3.63, 3.8) is 0 Å². The van der Waals surface area contributed by atoms with Crippen LogP contribution in [0.25, 0.3) is 0 Å². The molecule has 0 unspecified atom stereocenters. The van der Waals surface area contributed by atoms with Gasteiger partial charge in [0, 0.05) is 23.8 Å². The number of hydrogen-bond donors (Lipinski definition) is 0. The van der Waals surface area contributed by atoms with E-state index in [0.29, 0.717) is 5.56 Å². The zero-order valence-electron chi connectivity index (χ0n) is 13.3. The summed E-state index contributed by atoms with van der Waals surface area (Å²) in [5.74, 6) is -0.979. The lowest BCUT2D eigenvalue weighted by atomic mass is 10.1. The van der Waals surface area contributed by atoms with Gasteiger partial charge in [-0.05, 0) is 24.6 Å². The number of benzene rings is 2. The van der Waals surface area contributed by atoms with E-state index in [4.69, 9.17) is 4.74 Å². The lowest BCUT2D eigenvalue weighted by Gasteiger charge is -2.08. The molecule has 26 heavy (non-hydrogen) atoms. The van der Waals surface area contributed by atoms with Gasteiger partial charge in [0.15, 0.2) is 0 Å². The smallest absolute Gasteiger partial charge is 0.339 e. The summed E-state index contributed by atoms with van der Waals surface area (Å²) in [6.45, 7) is 1.02. The topological polar surface area (TPSA) is 156 Å². The fourth-order valence-electron chi connectivity index (χ4n) is 2.13. The molecule has 0 saturated heterocycles. The Kier molecular flexibility index (Phi) is 5.21. The number of nitro groups is 3. The summed E-state index contributed by atoms with van der Waals surface area (Å²) < 4.78 is 5.01. The molecule has 0 amide bonds. The molecule has 0 saturated carbocycles. The molecule has 0 spiro atoms. The molecule has 0 aliphatic rings.